The number of unbranched alkanes of at least 4 members (excludes halogenated alkanes) is 2. The molecule has 0 saturated heterocycles. The quantitative estimate of drug-likeness (QED) is 0.0274. The molecule has 0 unspecified atom stereocenters. The van der Waals surface area contributed by atoms with Crippen LogP contribution in [0.5, 0.6) is 0 Å². The van der Waals surface area contributed by atoms with Crippen molar-refractivity contribution >= 4 is 58.2 Å². The average molecular weight is 1020 g/mol. The van der Waals surface area contributed by atoms with E-state index >= 15 is 4.39 Å². The Morgan fingerprint density at radius 1 is 0.892 bits per heavy atom. The van der Waals surface area contributed by atoms with Gasteiger partial charge in [0.15, 0.2) is 5.60 Å². The zero-order chi connectivity index (χ0) is 52.9. The van der Waals surface area contributed by atoms with E-state index in [-0.39, 0.29) is 68.6 Å². The van der Waals surface area contributed by atoms with Gasteiger partial charge in [-0.1, -0.05) is 43.7 Å². The van der Waals surface area contributed by atoms with Crippen molar-refractivity contribution in [2.24, 2.45) is 0 Å². The lowest BCUT2D eigenvalue weighted by Gasteiger charge is -2.31. The van der Waals surface area contributed by atoms with Gasteiger partial charge >= 0.3 is 5.97 Å². The summed E-state index contributed by atoms with van der Waals surface area (Å²) in [7, 11) is 0. The number of cyclic esters (lactones) is 1. The first-order chi connectivity index (χ1) is 35.4. The Labute approximate surface area is 424 Å². The molecule has 4 aliphatic rings. The SMILES string of the molecule is CC[C@@]1(O)C(=O)OCc2c1cc1n(c2=O)Cc2c-1nc1cc(F)c(C)c3c1c2[C@@H](NC(=O)C1(OCNC(=O)CNC(=O)[C@H](Cc2ccccc2)NC(=O)CNC(=O)CNC(=O)CCCCCNC(C)=O)CC1)CC3. The fourth-order valence-electron chi connectivity index (χ4n) is 9.81. The molecule has 2 aromatic carbocycles. The van der Waals surface area contributed by atoms with Crippen LogP contribution in [0, 0.1) is 12.7 Å². The second-order valence-corrected chi connectivity index (χ2v) is 19.1. The molecule has 2 aliphatic heterocycles. The molecule has 1 saturated carbocycles. The number of carbonyl (C=O) groups excluding carboxylic acids is 8. The lowest BCUT2D eigenvalue weighted by molar-refractivity contribution is -0.172. The van der Waals surface area contributed by atoms with Crippen LogP contribution in [0.15, 0.2) is 47.3 Å². The summed E-state index contributed by atoms with van der Waals surface area (Å²) >= 11 is 0. The number of ether oxygens (including phenoxy) is 2. The van der Waals surface area contributed by atoms with E-state index in [9.17, 15) is 48.3 Å². The molecule has 2 aromatic heterocycles. The fourth-order valence-corrected chi connectivity index (χ4v) is 9.81. The molecule has 1 fully saturated rings. The van der Waals surface area contributed by atoms with Gasteiger partial charge in [0.1, 0.15) is 30.8 Å². The number of pyridine rings is 2. The summed E-state index contributed by atoms with van der Waals surface area (Å²) in [6, 6.07) is 9.97. The highest BCUT2D eigenvalue weighted by Crippen LogP contribution is 2.47. The Balaban J connectivity index is 0.856. The van der Waals surface area contributed by atoms with Gasteiger partial charge in [0.25, 0.3) is 11.5 Å². The average Bonchev–Trinajstić information content (AvgIpc) is 4.09. The van der Waals surface area contributed by atoms with Crippen molar-refractivity contribution in [3.8, 4) is 11.4 Å². The Morgan fingerprint density at radius 3 is 2.34 bits per heavy atom. The minimum absolute atomic E-state index is 0.0442. The number of nitrogens with one attached hydrogen (secondary N) is 7. The van der Waals surface area contributed by atoms with Crippen molar-refractivity contribution in [3.63, 3.8) is 0 Å². The number of esters is 1. The van der Waals surface area contributed by atoms with Crippen molar-refractivity contribution < 1.29 is 57.3 Å². The Morgan fingerprint density at radius 2 is 1.61 bits per heavy atom. The second kappa shape index (κ2) is 22.3. The molecular weight excluding hydrogens is 962 g/mol. The van der Waals surface area contributed by atoms with Crippen molar-refractivity contribution in [3.05, 3.63) is 97.6 Å². The van der Waals surface area contributed by atoms with Gasteiger partial charge in [-0.15, -0.1) is 0 Å². The molecule has 21 nitrogen and oxygen atoms in total. The molecule has 0 radical (unpaired) electrons. The molecular formula is C52H60FN9O12. The monoisotopic (exact) mass is 1020 g/mol. The van der Waals surface area contributed by atoms with E-state index in [1.54, 1.807) is 50.2 Å². The molecule has 0 spiro atoms. The highest BCUT2D eigenvalue weighted by atomic mass is 19.1. The number of nitrogens with zero attached hydrogens (tertiary/aromatic N) is 2. The number of halogens is 1. The van der Waals surface area contributed by atoms with Crippen LogP contribution in [0.25, 0.3) is 22.3 Å². The molecule has 74 heavy (non-hydrogen) atoms. The highest BCUT2D eigenvalue weighted by Gasteiger charge is 2.53. The van der Waals surface area contributed by atoms with Gasteiger partial charge in [0.2, 0.25) is 35.4 Å². The zero-order valence-corrected chi connectivity index (χ0v) is 41.4. The number of fused-ring (bicyclic) bond motifs is 5. The maximum absolute atomic E-state index is 15.5. The van der Waals surface area contributed by atoms with E-state index in [1.165, 1.54) is 17.6 Å². The first-order valence-corrected chi connectivity index (χ1v) is 24.8. The summed E-state index contributed by atoms with van der Waals surface area (Å²) in [5.74, 6) is -4.87. The number of carbonyl (C=O) groups is 8. The third-order valence-corrected chi connectivity index (χ3v) is 14.1. The standard InChI is InChI=1S/C52H60FN9O12/c1-4-52(72)34-20-39-46-32(25-62(39)48(69)33(34)26-73-50(52)71)45-36(15-14-31-28(2)35(53)21-37(60-46)44(31)45)61-49(70)51(16-17-51)74-27-58-42(66)23-57-47(68)38(19-30-11-7-5-8-12-30)59-43(67)24-56-41(65)22-55-40(64)13-9-6-10-18-54-29(3)63/h5,7-8,11-12,20-21,36,38,72H,4,6,9-10,13-19,22-27H2,1-3H3,(H,54,63)(H,55,64)(H,56,65)(H,57,68)(H,58,66)(H,59,67)(H,61,70)/t36-,38-,52-/m0/s1. The fraction of sp³-hybridized carbons (Fsp3) is 0.462. The van der Waals surface area contributed by atoms with Crippen molar-refractivity contribution in [2.45, 2.75) is 121 Å². The van der Waals surface area contributed by atoms with Crippen LogP contribution in [0.3, 0.4) is 0 Å². The van der Waals surface area contributed by atoms with Crippen LogP contribution < -0.4 is 42.8 Å². The number of rotatable bonds is 22. The zero-order valence-electron chi connectivity index (χ0n) is 41.4. The number of aryl methyl sites for hydroxylation is 1. The van der Waals surface area contributed by atoms with Crippen LogP contribution in [0.4, 0.5) is 4.39 Å². The van der Waals surface area contributed by atoms with Gasteiger partial charge in [-0.2, -0.15) is 0 Å². The van der Waals surface area contributed by atoms with E-state index < -0.39 is 83.3 Å². The van der Waals surface area contributed by atoms with Crippen molar-refractivity contribution in [1.29, 1.82) is 0 Å². The lowest BCUT2D eigenvalue weighted by Crippen LogP contribution is -2.52. The first-order valence-electron chi connectivity index (χ1n) is 24.8. The molecule has 4 aromatic rings. The van der Waals surface area contributed by atoms with E-state index in [1.807, 2.05) is 0 Å². The van der Waals surface area contributed by atoms with Gasteiger partial charge in [-0.25, -0.2) is 14.2 Å². The van der Waals surface area contributed by atoms with E-state index in [0.717, 1.165) is 5.56 Å². The van der Waals surface area contributed by atoms with E-state index in [2.05, 4.69) is 37.2 Å². The van der Waals surface area contributed by atoms with Crippen molar-refractivity contribution in [2.75, 3.05) is 32.9 Å². The molecule has 4 heterocycles. The molecule has 7 amide bonds. The van der Waals surface area contributed by atoms with E-state index in [4.69, 9.17) is 14.5 Å². The van der Waals surface area contributed by atoms with Crippen LogP contribution in [-0.4, -0.2) is 107 Å². The Bertz CT molecular complexity index is 3000. The molecule has 0 bridgehead atoms. The molecule has 22 heteroatoms. The lowest BCUT2D eigenvalue weighted by atomic mass is 9.81. The minimum Gasteiger partial charge on any atom is -0.458 e. The van der Waals surface area contributed by atoms with Gasteiger partial charge in [-0.3, -0.25) is 38.4 Å². The van der Waals surface area contributed by atoms with Crippen LogP contribution >= 0.6 is 0 Å². The molecule has 2 aliphatic carbocycles. The number of hydrogen-bond donors (Lipinski definition) is 8. The molecule has 8 N–H and O–H groups in total. The largest absolute Gasteiger partial charge is 0.458 e. The third kappa shape index (κ3) is 11.3. The Kier molecular flexibility index (Phi) is 15.9. The van der Waals surface area contributed by atoms with Gasteiger partial charge in [-0.05, 0) is 80.2 Å². The van der Waals surface area contributed by atoms with Gasteiger partial charge < -0.3 is 56.4 Å². The van der Waals surface area contributed by atoms with Crippen molar-refractivity contribution in [1.82, 2.24) is 46.8 Å². The maximum Gasteiger partial charge on any atom is 0.343 e. The molecule has 3 atom stereocenters. The predicted molar refractivity (Wildman–Crippen MR) is 263 cm³/mol. The maximum atomic E-state index is 15.5. The molecule has 392 valence electrons. The number of benzene rings is 2. The highest BCUT2D eigenvalue weighted by molar-refractivity contribution is 5.96. The third-order valence-electron chi connectivity index (χ3n) is 14.1. The summed E-state index contributed by atoms with van der Waals surface area (Å²) in [5, 5.41) is 30.5. The predicted octanol–water partition coefficient (Wildman–Crippen LogP) is 1.03. The second-order valence-electron chi connectivity index (χ2n) is 19.1. The minimum atomic E-state index is -2.05. The van der Waals surface area contributed by atoms with Gasteiger partial charge in [0.05, 0.1) is 54.7 Å². The van der Waals surface area contributed by atoms with Crippen LogP contribution in [0.2, 0.25) is 0 Å². The summed E-state index contributed by atoms with van der Waals surface area (Å²) in [5.41, 5.74) is 0.717. The number of amides is 7. The van der Waals surface area contributed by atoms with Crippen LogP contribution in [0.1, 0.15) is 110 Å². The molecule has 8 rings (SSSR count). The summed E-state index contributed by atoms with van der Waals surface area (Å²) in [6.45, 7) is 3.25. The topological polar surface area (TPSA) is 294 Å². The smallest absolute Gasteiger partial charge is 0.343 e. The summed E-state index contributed by atoms with van der Waals surface area (Å²) in [4.78, 5) is 121. The summed E-state index contributed by atoms with van der Waals surface area (Å²) in [6.07, 6.45) is 3.68. The summed E-state index contributed by atoms with van der Waals surface area (Å²) < 4.78 is 28.2. The van der Waals surface area contributed by atoms with Gasteiger partial charge in [0, 0.05) is 48.9 Å². The van der Waals surface area contributed by atoms with Crippen LogP contribution in [-0.2, 0) is 79.4 Å². The van der Waals surface area contributed by atoms with E-state index in [0.29, 0.717) is 96.0 Å². The first kappa shape index (κ1) is 52.7. The normalized spacial score (nSPS) is 17.9. The number of aliphatic hydroxyl groups is 1. The number of hydrogen-bond acceptors (Lipinski definition) is 13. The Hall–Kier alpha value is -7.59. The number of aromatic nitrogens is 2.